The zero-order chi connectivity index (χ0) is 13.9. The quantitative estimate of drug-likeness (QED) is 0.698. The minimum absolute atomic E-state index is 0.0163. The molecule has 0 aliphatic carbocycles. The molecule has 6 heteroatoms. The first-order valence-corrected chi connectivity index (χ1v) is 5.55. The molecule has 1 rings (SSSR count). The van der Waals surface area contributed by atoms with E-state index in [2.05, 4.69) is 5.92 Å². The molecule has 0 radical (unpaired) electrons. The highest BCUT2D eigenvalue weighted by Gasteiger charge is 2.38. The van der Waals surface area contributed by atoms with Gasteiger partial charge in [-0.15, -0.1) is 6.42 Å². The Labute approximate surface area is 106 Å². The van der Waals surface area contributed by atoms with Gasteiger partial charge in [-0.2, -0.15) is 0 Å². The number of terminal acetylenes is 1. The van der Waals surface area contributed by atoms with Crippen LogP contribution in [0.4, 0.5) is 4.79 Å². The largest absolute Gasteiger partial charge is 0.480 e. The van der Waals surface area contributed by atoms with Gasteiger partial charge in [0.05, 0.1) is 13.2 Å². The van der Waals surface area contributed by atoms with Gasteiger partial charge in [0.2, 0.25) is 0 Å². The Morgan fingerprint density at radius 2 is 2.11 bits per heavy atom. The molecule has 6 nitrogen and oxygen atoms in total. The summed E-state index contributed by atoms with van der Waals surface area (Å²) in [7, 11) is 0. The third kappa shape index (κ3) is 3.64. The van der Waals surface area contributed by atoms with E-state index in [1.54, 1.807) is 20.8 Å². The first kappa shape index (κ1) is 14.3. The molecule has 0 spiro atoms. The third-order valence-corrected chi connectivity index (χ3v) is 2.29. The van der Waals surface area contributed by atoms with Crippen LogP contribution in [-0.2, 0) is 14.3 Å². The maximum atomic E-state index is 11.9. The molecule has 2 atom stereocenters. The van der Waals surface area contributed by atoms with E-state index in [0.29, 0.717) is 0 Å². The standard InChI is InChI=1S/C12H17NO5/c1-5-8-6-13(9(7-17-8)10(14)15)11(16)18-12(2,3)4/h1,8-9H,6-7H2,2-4H3,(H,14,15)/t8-,9+/m1/s1. The lowest BCUT2D eigenvalue weighted by Gasteiger charge is -2.36. The van der Waals surface area contributed by atoms with Gasteiger partial charge in [-0.05, 0) is 20.8 Å². The van der Waals surface area contributed by atoms with Crippen molar-refractivity contribution >= 4 is 12.1 Å². The molecule has 0 aromatic rings. The van der Waals surface area contributed by atoms with Gasteiger partial charge in [-0.3, -0.25) is 4.90 Å². The molecule has 0 bridgehead atoms. The van der Waals surface area contributed by atoms with Crippen LogP contribution in [0.2, 0.25) is 0 Å². The number of amides is 1. The van der Waals surface area contributed by atoms with E-state index in [0.717, 1.165) is 4.90 Å². The normalized spacial score (nSPS) is 24.2. The molecule has 1 aliphatic rings. The van der Waals surface area contributed by atoms with Gasteiger partial charge in [-0.25, -0.2) is 9.59 Å². The molecule has 1 heterocycles. The second kappa shape index (κ2) is 5.27. The number of ether oxygens (including phenoxy) is 2. The molecule has 1 fully saturated rings. The fourth-order valence-corrected chi connectivity index (χ4v) is 1.48. The van der Waals surface area contributed by atoms with E-state index in [1.807, 2.05) is 0 Å². The highest BCUT2D eigenvalue weighted by molar-refractivity contribution is 5.80. The van der Waals surface area contributed by atoms with Gasteiger partial charge >= 0.3 is 12.1 Å². The van der Waals surface area contributed by atoms with Crippen molar-refractivity contribution in [2.24, 2.45) is 0 Å². The Bertz CT molecular complexity index is 379. The Balaban J connectivity index is 2.82. The van der Waals surface area contributed by atoms with Gasteiger partial charge in [0.15, 0.2) is 6.04 Å². The van der Waals surface area contributed by atoms with E-state index in [1.165, 1.54) is 0 Å². The Hall–Kier alpha value is -1.74. The topological polar surface area (TPSA) is 76.1 Å². The van der Waals surface area contributed by atoms with Crippen LogP contribution in [0, 0.1) is 12.3 Å². The van der Waals surface area contributed by atoms with Crippen LogP contribution in [0.15, 0.2) is 0 Å². The Morgan fingerprint density at radius 1 is 1.50 bits per heavy atom. The highest BCUT2D eigenvalue weighted by atomic mass is 16.6. The van der Waals surface area contributed by atoms with Crippen LogP contribution in [0.5, 0.6) is 0 Å². The van der Waals surface area contributed by atoms with Gasteiger partial charge in [0.1, 0.15) is 11.7 Å². The van der Waals surface area contributed by atoms with Crippen LogP contribution in [0.1, 0.15) is 20.8 Å². The smallest absolute Gasteiger partial charge is 0.411 e. The number of aliphatic carboxylic acids is 1. The monoisotopic (exact) mass is 255 g/mol. The first-order valence-electron chi connectivity index (χ1n) is 5.55. The number of morpholine rings is 1. The lowest BCUT2D eigenvalue weighted by atomic mass is 10.2. The Morgan fingerprint density at radius 3 is 2.56 bits per heavy atom. The fraction of sp³-hybridized carbons (Fsp3) is 0.667. The molecular weight excluding hydrogens is 238 g/mol. The third-order valence-electron chi connectivity index (χ3n) is 2.29. The Kier molecular flexibility index (Phi) is 4.19. The molecule has 1 saturated heterocycles. The van der Waals surface area contributed by atoms with Crippen LogP contribution in [-0.4, -0.2) is 53.0 Å². The van der Waals surface area contributed by atoms with Crippen molar-refractivity contribution in [2.75, 3.05) is 13.2 Å². The molecule has 0 aromatic heterocycles. The summed E-state index contributed by atoms with van der Waals surface area (Å²) in [6.45, 7) is 5.01. The molecule has 0 aromatic carbocycles. The number of hydrogen-bond acceptors (Lipinski definition) is 4. The van der Waals surface area contributed by atoms with Gasteiger partial charge in [0.25, 0.3) is 0 Å². The molecule has 0 unspecified atom stereocenters. The first-order chi connectivity index (χ1) is 8.24. The lowest BCUT2D eigenvalue weighted by molar-refractivity contribution is -0.150. The number of hydrogen-bond donors (Lipinski definition) is 1. The predicted octanol–water partition coefficient (Wildman–Crippen LogP) is 0.709. The number of carbonyl (C=O) groups is 2. The van der Waals surface area contributed by atoms with Crippen molar-refractivity contribution in [3.05, 3.63) is 0 Å². The molecule has 1 amide bonds. The van der Waals surface area contributed by atoms with Crippen molar-refractivity contribution in [3.8, 4) is 12.3 Å². The van der Waals surface area contributed by atoms with Gasteiger partial charge in [0, 0.05) is 0 Å². The van der Waals surface area contributed by atoms with Crippen molar-refractivity contribution in [2.45, 2.75) is 38.5 Å². The summed E-state index contributed by atoms with van der Waals surface area (Å²) in [5, 5.41) is 9.03. The minimum atomic E-state index is -1.14. The summed E-state index contributed by atoms with van der Waals surface area (Å²) < 4.78 is 10.3. The zero-order valence-corrected chi connectivity index (χ0v) is 10.7. The molecule has 1 aliphatic heterocycles. The fourth-order valence-electron chi connectivity index (χ4n) is 1.48. The summed E-state index contributed by atoms with van der Waals surface area (Å²) in [5.74, 6) is 1.20. The summed E-state index contributed by atoms with van der Waals surface area (Å²) in [6, 6.07) is -1.07. The van der Waals surface area contributed by atoms with E-state index >= 15 is 0 Å². The predicted molar refractivity (Wildman–Crippen MR) is 62.9 cm³/mol. The van der Waals surface area contributed by atoms with E-state index in [9.17, 15) is 9.59 Å². The second-order valence-electron chi connectivity index (χ2n) is 4.98. The van der Waals surface area contributed by atoms with Crippen LogP contribution in [0.3, 0.4) is 0 Å². The lowest BCUT2D eigenvalue weighted by Crippen LogP contribution is -2.56. The molecular formula is C12H17NO5. The minimum Gasteiger partial charge on any atom is -0.480 e. The summed E-state index contributed by atoms with van der Waals surface area (Å²) in [5.41, 5.74) is -0.690. The average molecular weight is 255 g/mol. The van der Waals surface area contributed by atoms with Crippen LogP contribution < -0.4 is 0 Å². The number of rotatable bonds is 1. The summed E-state index contributed by atoms with van der Waals surface area (Å²) >= 11 is 0. The summed E-state index contributed by atoms with van der Waals surface area (Å²) in [6.07, 6.45) is 3.91. The van der Waals surface area contributed by atoms with E-state index in [-0.39, 0.29) is 13.2 Å². The molecule has 1 N–H and O–H groups in total. The maximum absolute atomic E-state index is 11.9. The number of carboxylic acid groups (broad SMARTS) is 1. The SMILES string of the molecule is C#C[C@@H]1CN(C(=O)OC(C)(C)C)[C@H](C(=O)O)CO1. The highest BCUT2D eigenvalue weighted by Crippen LogP contribution is 2.17. The van der Waals surface area contributed by atoms with Crippen molar-refractivity contribution < 1.29 is 24.2 Å². The maximum Gasteiger partial charge on any atom is 0.411 e. The van der Waals surface area contributed by atoms with Crippen LogP contribution in [0.25, 0.3) is 0 Å². The average Bonchev–Trinajstić information content (AvgIpc) is 2.25. The second-order valence-corrected chi connectivity index (χ2v) is 4.98. The van der Waals surface area contributed by atoms with Crippen molar-refractivity contribution in [3.63, 3.8) is 0 Å². The number of carboxylic acids is 1. The summed E-state index contributed by atoms with van der Waals surface area (Å²) in [4.78, 5) is 24.1. The van der Waals surface area contributed by atoms with E-state index < -0.39 is 29.8 Å². The molecule has 18 heavy (non-hydrogen) atoms. The van der Waals surface area contributed by atoms with Crippen molar-refractivity contribution in [1.29, 1.82) is 0 Å². The van der Waals surface area contributed by atoms with Gasteiger partial charge < -0.3 is 14.6 Å². The number of carbonyl (C=O) groups excluding carboxylic acids is 1. The van der Waals surface area contributed by atoms with Gasteiger partial charge in [-0.1, -0.05) is 5.92 Å². The van der Waals surface area contributed by atoms with Crippen LogP contribution >= 0.6 is 0 Å². The van der Waals surface area contributed by atoms with E-state index in [4.69, 9.17) is 21.0 Å². The zero-order valence-electron chi connectivity index (χ0n) is 10.7. The number of nitrogens with zero attached hydrogens (tertiary/aromatic N) is 1. The molecule has 100 valence electrons. The van der Waals surface area contributed by atoms with Crippen molar-refractivity contribution in [1.82, 2.24) is 4.90 Å². The molecule has 0 saturated carbocycles.